The molecule has 1 heterocycles. The SMILES string of the molecule is CNC(C(=O)NC(C(=O)N(C)C/C=C(\C)C(=O)O)C(C)(C)C)C(C)(C)c1cn(C)c2ccc(CNS)cc12. The number of aliphatic carboxylic acids is 1. The first-order chi connectivity index (χ1) is 17.6. The fraction of sp³-hybridized carbons (Fsp3) is 0.536. The lowest BCUT2D eigenvalue weighted by atomic mass is 9.76. The minimum absolute atomic E-state index is 0.125. The van der Waals surface area contributed by atoms with E-state index in [2.05, 4.69) is 51.1 Å². The number of aromatic nitrogens is 1. The molecule has 2 amide bonds. The van der Waals surface area contributed by atoms with E-state index in [1.807, 2.05) is 47.7 Å². The molecule has 1 aromatic heterocycles. The number of benzene rings is 1. The Hall–Kier alpha value is -2.82. The smallest absolute Gasteiger partial charge is 0.331 e. The zero-order valence-electron chi connectivity index (χ0n) is 24.0. The molecule has 0 aliphatic carbocycles. The van der Waals surface area contributed by atoms with Crippen LogP contribution >= 0.6 is 12.8 Å². The molecular formula is C28H43N5O4S. The van der Waals surface area contributed by atoms with Gasteiger partial charge >= 0.3 is 5.97 Å². The quantitative estimate of drug-likeness (QED) is 0.219. The summed E-state index contributed by atoms with van der Waals surface area (Å²) in [7, 11) is 5.33. The van der Waals surface area contributed by atoms with Crippen LogP contribution in [0.15, 0.2) is 36.0 Å². The van der Waals surface area contributed by atoms with Gasteiger partial charge in [0.05, 0.1) is 6.04 Å². The summed E-state index contributed by atoms with van der Waals surface area (Å²) in [6.07, 6.45) is 3.54. The summed E-state index contributed by atoms with van der Waals surface area (Å²) < 4.78 is 4.94. The number of carboxylic acids is 1. The highest BCUT2D eigenvalue weighted by Gasteiger charge is 2.41. The average molecular weight is 546 g/mol. The van der Waals surface area contributed by atoms with Gasteiger partial charge in [-0.2, -0.15) is 0 Å². The number of fused-ring (bicyclic) bond motifs is 1. The van der Waals surface area contributed by atoms with Gasteiger partial charge in [0.1, 0.15) is 6.04 Å². The van der Waals surface area contributed by atoms with Gasteiger partial charge in [-0.1, -0.05) is 59.6 Å². The Morgan fingerprint density at radius 2 is 1.79 bits per heavy atom. The highest BCUT2D eigenvalue weighted by atomic mass is 32.1. The topological polar surface area (TPSA) is 116 Å². The Kier molecular flexibility index (Phi) is 10.2. The fourth-order valence-electron chi connectivity index (χ4n) is 4.67. The maximum Gasteiger partial charge on any atom is 0.331 e. The van der Waals surface area contributed by atoms with E-state index in [9.17, 15) is 14.4 Å². The summed E-state index contributed by atoms with van der Waals surface area (Å²) in [6, 6.07) is 4.77. The number of carbonyl (C=O) groups excluding carboxylic acids is 2. The van der Waals surface area contributed by atoms with E-state index >= 15 is 0 Å². The molecule has 4 N–H and O–H groups in total. The van der Waals surface area contributed by atoms with E-state index in [1.165, 1.54) is 17.9 Å². The van der Waals surface area contributed by atoms with Crippen LogP contribution in [-0.2, 0) is 33.4 Å². The van der Waals surface area contributed by atoms with Crippen LogP contribution in [0.25, 0.3) is 10.9 Å². The number of hydrogen-bond acceptors (Lipinski definition) is 6. The third kappa shape index (κ3) is 6.98. The molecule has 1 aromatic carbocycles. The molecule has 2 unspecified atom stereocenters. The third-order valence-electron chi connectivity index (χ3n) is 7.09. The lowest BCUT2D eigenvalue weighted by Crippen LogP contribution is -2.60. The van der Waals surface area contributed by atoms with E-state index in [4.69, 9.17) is 5.11 Å². The van der Waals surface area contributed by atoms with Crippen molar-refractivity contribution in [2.24, 2.45) is 12.5 Å². The number of rotatable bonds is 11. The maximum atomic E-state index is 13.8. The number of thiol groups is 1. The molecule has 0 spiro atoms. The van der Waals surface area contributed by atoms with Gasteiger partial charge in [0, 0.05) is 55.3 Å². The van der Waals surface area contributed by atoms with Gasteiger partial charge in [0.2, 0.25) is 11.8 Å². The molecule has 0 saturated heterocycles. The Morgan fingerprint density at radius 1 is 1.16 bits per heavy atom. The Labute approximate surface area is 231 Å². The van der Waals surface area contributed by atoms with Crippen LogP contribution in [0.2, 0.25) is 0 Å². The second-order valence-corrected chi connectivity index (χ2v) is 11.8. The second-order valence-electron chi connectivity index (χ2n) is 11.5. The van der Waals surface area contributed by atoms with Crippen molar-refractivity contribution in [1.82, 2.24) is 24.8 Å². The summed E-state index contributed by atoms with van der Waals surface area (Å²) in [5, 5.41) is 16.4. The van der Waals surface area contributed by atoms with E-state index < -0.39 is 28.9 Å². The summed E-state index contributed by atoms with van der Waals surface area (Å²) in [5.41, 5.74) is 2.08. The standard InChI is InChI=1S/C28H43N5O4S/c1-17(26(36)37)12-13-32(8)25(35)23(27(2,3)4)31-24(34)22(29-7)28(5,6)20-16-33(9)21-11-10-18(15-30-38)14-19(20)21/h10-12,14,16,22-23,29-30,38H,13,15H2,1-9H3,(H,31,34)(H,36,37)/b17-12+. The van der Waals surface area contributed by atoms with Gasteiger partial charge in [-0.05, 0) is 42.6 Å². The fourth-order valence-corrected chi connectivity index (χ4v) is 4.86. The van der Waals surface area contributed by atoms with Crippen molar-refractivity contribution < 1.29 is 19.5 Å². The number of carbonyl (C=O) groups is 3. The van der Waals surface area contributed by atoms with Gasteiger partial charge in [0.25, 0.3) is 0 Å². The first kappa shape index (κ1) is 31.4. The van der Waals surface area contributed by atoms with E-state index in [0.29, 0.717) is 6.54 Å². The number of amides is 2. The van der Waals surface area contributed by atoms with Gasteiger partial charge in [-0.25, -0.2) is 4.79 Å². The minimum Gasteiger partial charge on any atom is -0.478 e. The molecule has 0 radical (unpaired) electrons. The first-order valence-corrected chi connectivity index (χ1v) is 13.1. The van der Waals surface area contributed by atoms with Crippen molar-refractivity contribution in [3.8, 4) is 0 Å². The van der Waals surface area contributed by atoms with Gasteiger partial charge < -0.3 is 25.2 Å². The summed E-state index contributed by atoms with van der Waals surface area (Å²) in [5.74, 6) is -1.61. The maximum absolute atomic E-state index is 13.8. The van der Waals surface area contributed by atoms with Crippen LogP contribution in [0, 0.1) is 5.41 Å². The average Bonchev–Trinajstić information content (AvgIpc) is 3.16. The van der Waals surface area contributed by atoms with E-state index in [-0.39, 0.29) is 23.9 Å². The number of hydrogen-bond donors (Lipinski definition) is 5. The molecule has 10 heteroatoms. The van der Waals surface area contributed by atoms with E-state index in [0.717, 1.165) is 22.0 Å². The molecule has 9 nitrogen and oxygen atoms in total. The molecule has 2 aromatic rings. The zero-order valence-corrected chi connectivity index (χ0v) is 24.9. The lowest BCUT2D eigenvalue weighted by Gasteiger charge is -2.38. The second kappa shape index (κ2) is 12.4. The van der Waals surface area contributed by atoms with Crippen LogP contribution in [0.4, 0.5) is 0 Å². The van der Waals surface area contributed by atoms with Gasteiger partial charge in [-0.15, -0.1) is 0 Å². The molecule has 0 fully saturated rings. The van der Waals surface area contributed by atoms with Crippen molar-refractivity contribution >= 4 is 41.5 Å². The predicted molar refractivity (Wildman–Crippen MR) is 155 cm³/mol. The highest BCUT2D eigenvalue weighted by Crippen LogP contribution is 2.35. The largest absolute Gasteiger partial charge is 0.478 e. The van der Waals surface area contributed by atoms with Crippen molar-refractivity contribution in [2.75, 3.05) is 20.6 Å². The summed E-state index contributed by atoms with van der Waals surface area (Å²) in [6.45, 7) is 11.9. The monoisotopic (exact) mass is 545 g/mol. The number of nitrogens with zero attached hydrogens (tertiary/aromatic N) is 2. The van der Waals surface area contributed by atoms with Crippen LogP contribution < -0.4 is 15.4 Å². The van der Waals surface area contributed by atoms with Crippen molar-refractivity contribution in [1.29, 1.82) is 0 Å². The van der Waals surface area contributed by atoms with Gasteiger partial charge in [0.15, 0.2) is 0 Å². The third-order valence-corrected chi connectivity index (χ3v) is 7.25. The summed E-state index contributed by atoms with van der Waals surface area (Å²) in [4.78, 5) is 39.8. The predicted octanol–water partition coefficient (Wildman–Crippen LogP) is 3.00. The number of aryl methyl sites for hydroxylation is 1. The molecule has 2 atom stereocenters. The highest BCUT2D eigenvalue weighted by molar-refractivity contribution is 7.78. The van der Waals surface area contributed by atoms with Crippen LogP contribution in [0.1, 0.15) is 52.7 Å². The van der Waals surface area contributed by atoms with Crippen LogP contribution in [-0.4, -0.2) is 65.1 Å². The molecular weight excluding hydrogens is 502 g/mol. The van der Waals surface area contributed by atoms with Crippen molar-refractivity contribution in [3.05, 3.63) is 47.2 Å². The normalized spacial score (nSPS) is 14.3. The van der Waals surface area contributed by atoms with Crippen LogP contribution in [0.5, 0.6) is 0 Å². The first-order valence-electron chi connectivity index (χ1n) is 12.6. The van der Waals surface area contributed by atoms with Crippen LogP contribution in [0.3, 0.4) is 0 Å². The van der Waals surface area contributed by atoms with Crippen molar-refractivity contribution in [2.45, 2.75) is 65.6 Å². The Bertz CT molecular complexity index is 1210. The summed E-state index contributed by atoms with van der Waals surface area (Å²) >= 11 is 4.13. The van der Waals surface area contributed by atoms with E-state index in [1.54, 1.807) is 14.1 Å². The lowest BCUT2D eigenvalue weighted by molar-refractivity contribution is -0.139. The Balaban J connectivity index is 2.40. The molecule has 38 heavy (non-hydrogen) atoms. The minimum atomic E-state index is -1.03. The van der Waals surface area contributed by atoms with Gasteiger partial charge in [-0.3, -0.25) is 14.3 Å². The number of carboxylic acid groups (broad SMARTS) is 1. The molecule has 0 aliphatic heterocycles. The molecule has 0 aliphatic rings. The number of nitrogens with one attached hydrogen (secondary N) is 3. The molecule has 210 valence electrons. The molecule has 2 rings (SSSR count). The Morgan fingerprint density at radius 3 is 2.32 bits per heavy atom. The zero-order chi connectivity index (χ0) is 29.0. The van der Waals surface area contributed by atoms with Crippen molar-refractivity contribution in [3.63, 3.8) is 0 Å². The number of likely N-dealkylation sites (N-methyl/N-ethyl adjacent to an activating group) is 2. The molecule has 0 bridgehead atoms. The molecule has 0 saturated carbocycles.